The lowest BCUT2D eigenvalue weighted by molar-refractivity contribution is 0.206. The molecule has 6 nitrogen and oxygen atoms in total. The molecule has 1 heterocycles. The zero-order chi connectivity index (χ0) is 24.1. The quantitative estimate of drug-likeness (QED) is 0.460. The first-order valence-corrected chi connectivity index (χ1v) is 13.0. The van der Waals surface area contributed by atoms with E-state index in [1.165, 1.54) is 11.1 Å². The molecule has 1 aliphatic rings. The number of aryl methyl sites for hydroxylation is 1. The Hall–Kier alpha value is -3.03. The number of sulfonamides is 1. The van der Waals surface area contributed by atoms with E-state index in [-0.39, 0.29) is 10.9 Å². The Balaban J connectivity index is 1.60. The van der Waals surface area contributed by atoms with Crippen molar-refractivity contribution < 1.29 is 17.9 Å². The summed E-state index contributed by atoms with van der Waals surface area (Å²) in [5.41, 5.74) is 3.22. The molecule has 1 fully saturated rings. The smallest absolute Gasteiger partial charge is 0.264 e. The SMILES string of the molecule is COc1ccc(S(=O)(=O)N(c2cccc(OC)c2)C2CCN(Cc3ccccc3C)CC2)cc1. The molecule has 34 heavy (non-hydrogen) atoms. The van der Waals surface area contributed by atoms with E-state index >= 15 is 0 Å². The van der Waals surface area contributed by atoms with Crippen LogP contribution >= 0.6 is 0 Å². The van der Waals surface area contributed by atoms with Crippen molar-refractivity contribution in [3.8, 4) is 11.5 Å². The van der Waals surface area contributed by atoms with Crippen LogP contribution in [0, 0.1) is 6.92 Å². The van der Waals surface area contributed by atoms with Crippen molar-refractivity contribution >= 4 is 15.7 Å². The average Bonchev–Trinajstić information content (AvgIpc) is 2.86. The summed E-state index contributed by atoms with van der Waals surface area (Å²) in [6.07, 6.45) is 1.50. The molecule has 7 heteroatoms. The van der Waals surface area contributed by atoms with Crippen LogP contribution in [-0.4, -0.2) is 46.7 Å². The number of piperidine rings is 1. The van der Waals surface area contributed by atoms with Gasteiger partial charge in [-0.25, -0.2) is 8.42 Å². The van der Waals surface area contributed by atoms with Gasteiger partial charge < -0.3 is 9.47 Å². The molecule has 0 unspecified atom stereocenters. The highest BCUT2D eigenvalue weighted by Crippen LogP contribution is 2.33. The van der Waals surface area contributed by atoms with Gasteiger partial charge in [0.05, 0.1) is 24.8 Å². The lowest BCUT2D eigenvalue weighted by Gasteiger charge is -2.39. The number of rotatable bonds is 8. The van der Waals surface area contributed by atoms with Crippen LogP contribution in [0.3, 0.4) is 0 Å². The Bertz CT molecular complexity index is 1200. The number of nitrogens with zero attached hydrogens (tertiary/aromatic N) is 2. The maximum Gasteiger partial charge on any atom is 0.264 e. The minimum atomic E-state index is -3.78. The lowest BCUT2D eigenvalue weighted by atomic mass is 10.0. The summed E-state index contributed by atoms with van der Waals surface area (Å²) in [5, 5.41) is 0. The van der Waals surface area contributed by atoms with Crippen molar-refractivity contribution in [2.75, 3.05) is 31.6 Å². The first kappa shape index (κ1) is 24.1. The normalized spacial score (nSPS) is 15.1. The summed E-state index contributed by atoms with van der Waals surface area (Å²) in [5.74, 6) is 1.25. The monoisotopic (exact) mass is 480 g/mol. The minimum Gasteiger partial charge on any atom is -0.497 e. The van der Waals surface area contributed by atoms with E-state index in [0.29, 0.717) is 17.2 Å². The molecule has 180 valence electrons. The van der Waals surface area contributed by atoms with Crippen LogP contribution in [0.25, 0.3) is 0 Å². The third-order valence-corrected chi connectivity index (χ3v) is 8.36. The fraction of sp³-hybridized carbons (Fsp3) is 0.333. The van der Waals surface area contributed by atoms with Gasteiger partial charge in [-0.15, -0.1) is 0 Å². The van der Waals surface area contributed by atoms with Gasteiger partial charge in [-0.05, 0) is 67.3 Å². The number of hydrogen-bond donors (Lipinski definition) is 0. The Morgan fingerprint density at radius 3 is 2.21 bits per heavy atom. The zero-order valence-corrected chi connectivity index (χ0v) is 20.8. The number of ether oxygens (including phenoxy) is 2. The molecule has 1 aliphatic heterocycles. The van der Waals surface area contributed by atoms with E-state index in [0.717, 1.165) is 32.5 Å². The van der Waals surface area contributed by atoms with Gasteiger partial charge in [0, 0.05) is 31.7 Å². The summed E-state index contributed by atoms with van der Waals surface area (Å²) >= 11 is 0. The molecule has 3 aromatic rings. The van der Waals surface area contributed by atoms with E-state index in [1.54, 1.807) is 48.9 Å². The van der Waals surface area contributed by atoms with Gasteiger partial charge in [0.1, 0.15) is 11.5 Å². The van der Waals surface area contributed by atoms with Gasteiger partial charge in [0.25, 0.3) is 10.0 Å². The lowest BCUT2D eigenvalue weighted by Crippen LogP contribution is -2.47. The van der Waals surface area contributed by atoms with Crippen LogP contribution in [0.2, 0.25) is 0 Å². The number of methoxy groups -OCH3 is 2. The largest absolute Gasteiger partial charge is 0.497 e. The van der Waals surface area contributed by atoms with Crippen molar-refractivity contribution in [3.05, 3.63) is 83.9 Å². The molecule has 0 amide bonds. The van der Waals surface area contributed by atoms with E-state index in [4.69, 9.17) is 9.47 Å². The van der Waals surface area contributed by atoms with Crippen LogP contribution in [-0.2, 0) is 16.6 Å². The van der Waals surface area contributed by atoms with Gasteiger partial charge in [0.15, 0.2) is 0 Å². The zero-order valence-electron chi connectivity index (χ0n) is 20.0. The van der Waals surface area contributed by atoms with E-state index in [1.807, 2.05) is 18.2 Å². The van der Waals surface area contributed by atoms with E-state index < -0.39 is 10.0 Å². The molecular weight excluding hydrogens is 448 g/mol. The molecule has 4 rings (SSSR count). The Kier molecular flexibility index (Phi) is 7.44. The van der Waals surface area contributed by atoms with E-state index in [9.17, 15) is 8.42 Å². The molecule has 0 aromatic heterocycles. The maximum absolute atomic E-state index is 13.9. The van der Waals surface area contributed by atoms with Crippen molar-refractivity contribution in [1.82, 2.24) is 4.90 Å². The molecule has 0 atom stereocenters. The van der Waals surface area contributed by atoms with Crippen molar-refractivity contribution in [1.29, 1.82) is 0 Å². The van der Waals surface area contributed by atoms with Gasteiger partial charge in [-0.1, -0.05) is 30.3 Å². The van der Waals surface area contributed by atoms with Crippen LogP contribution in [0.4, 0.5) is 5.69 Å². The summed E-state index contributed by atoms with van der Waals surface area (Å²) in [4.78, 5) is 2.65. The average molecular weight is 481 g/mol. The molecule has 0 spiro atoms. The highest BCUT2D eigenvalue weighted by Gasteiger charge is 2.34. The Morgan fingerprint density at radius 1 is 0.882 bits per heavy atom. The molecule has 1 saturated heterocycles. The third kappa shape index (κ3) is 5.21. The number of anilines is 1. The van der Waals surface area contributed by atoms with Gasteiger partial charge in [0.2, 0.25) is 0 Å². The first-order valence-electron chi connectivity index (χ1n) is 11.5. The van der Waals surface area contributed by atoms with Crippen molar-refractivity contribution in [2.45, 2.75) is 37.2 Å². The first-order chi connectivity index (χ1) is 16.4. The second-order valence-electron chi connectivity index (χ2n) is 8.61. The predicted molar refractivity (Wildman–Crippen MR) is 135 cm³/mol. The second kappa shape index (κ2) is 10.5. The number of benzene rings is 3. The number of likely N-dealkylation sites (tertiary alicyclic amines) is 1. The molecule has 0 saturated carbocycles. The van der Waals surface area contributed by atoms with Gasteiger partial charge in [-0.2, -0.15) is 0 Å². The van der Waals surface area contributed by atoms with Gasteiger partial charge in [-0.3, -0.25) is 9.21 Å². The second-order valence-corrected chi connectivity index (χ2v) is 10.4. The molecule has 0 bridgehead atoms. The topological polar surface area (TPSA) is 59.1 Å². The molecule has 0 radical (unpaired) electrons. The summed E-state index contributed by atoms with van der Waals surface area (Å²) in [6, 6.07) is 22.1. The number of hydrogen-bond acceptors (Lipinski definition) is 5. The molecule has 0 aliphatic carbocycles. The van der Waals surface area contributed by atoms with Crippen LogP contribution in [0.15, 0.2) is 77.7 Å². The Morgan fingerprint density at radius 2 is 1.56 bits per heavy atom. The Labute approximate surface area is 202 Å². The van der Waals surface area contributed by atoms with E-state index in [2.05, 4.69) is 36.1 Å². The standard InChI is InChI=1S/C27H32N2O4S/c1-21-7-4-5-8-22(21)20-28-17-15-23(16-18-28)29(24-9-6-10-26(19-24)33-3)34(30,31)27-13-11-25(32-2)12-14-27/h4-14,19,23H,15-18,20H2,1-3H3. The summed E-state index contributed by atoms with van der Waals surface area (Å²) in [7, 11) is -0.628. The highest BCUT2D eigenvalue weighted by molar-refractivity contribution is 7.92. The molecule has 0 N–H and O–H groups in total. The third-order valence-electron chi connectivity index (χ3n) is 6.47. The molecule has 3 aromatic carbocycles. The maximum atomic E-state index is 13.9. The van der Waals surface area contributed by atoms with Crippen molar-refractivity contribution in [2.24, 2.45) is 0 Å². The van der Waals surface area contributed by atoms with Crippen LogP contribution in [0.5, 0.6) is 11.5 Å². The summed E-state index contributed by atoms with van der Waals surface area (Å²) < 4.78 is 39.9. The fourth-order valence-corrected chi connectivity index (χ4v) is 6.20. The van der Waals surface area contributed by atoms with Crippen molar-refractivity contribution in [3.63, 3.8) is 0 Å². The highest BCUT2D eigenvalue weighted by atomic mass is 32.2. The minimum absolute atomic E-state index is 0.146. The van der Waals surface area contributed by atoms with Gasteiger partial charge >= 0.3 is 0 Å². The van der Waals surface area contributed by atoms with Crippen LogP contribution in [0.1, 0.15) is 24.0 Å². The fourth-order valence-electron chi connectivity index (χ4n) is 4.50. The molecular formula is C27H32N2O4S. The summed E-state index contributed by atoms with van der Waals surface area (Å²) in [6.45, 7) is 4.67. The van der Waals surface area contributed by atoms with Crippen LogP contribution < -0.4 is 13.8 Å². The predicted octanol–water partition coefficient (Wildman–Crippen LogP) is 4.87.